The number of ether oxygens (including phenoxy) is 1. The zero-order valence-corrected chi connectivity index (χ0v) is 14.1. The van der Waals surface area contributed by atoms with E-state index < -0.39 is 11.8 Å². The van der Waals surface area contributed by atoms with Gasteiger partial charge in [-0.05, 0) is 42.3 Å². The highest BCUT2D eigenvalue weighted by Crippen LogP contribution is 2.32. The number of nitrogens with zero attached hydrogens (tertiary/aromatic N) is 2. The molecule has 3 rings (SSSR count). The second-order valence-electron chi connectivity index (χ2n) is 5.98. The number of methoxy groups -OCH3 is 1. The molecule has 0 saturated carbocycles. The number of anilines is 1. The minimum atomic E-state index is -0.705. The molecule has 0 radical (unpaired) electrons. The maximum atomic E-state index is 12.7. The first-order valence-electron chi connectivity index (χ1n) is 7.98. The van der Waals surface area contributed by atoms with Crippen LogP contribution in [0.4, 0.5) is 5.69 Å². The van der Waals surface area contributed by atoms with E-state index in [1.54, 1.807) is 49.3 Å². The maximum absolute atomic E-state index is 12.7. The predicted octanol–water partition coefficient (Wildman–Crippen LogP) is 3.22. The van der Waals surface area contributed by atoms with Gasteiger partial charge in [0.1, 0.15) is 0 Å². The Morgan fingerprint density at radius 1 is 1.24 bits per heavy atom. The van der Waals surface area contributed by atoms with Gasteiger partial charge in [-0.25, -0.2) is 0 Å². The highest BCUT2D eigenvalue weighted by molar-refractivity contribution is 6.13. The van der Waals surface area contributed by atoms with Crippen LogP contribution in [0.25, 0.3) is 0 Å². The zero-order valence-electron chi connectivity index (χ0n) is 14.1. The Morgan fingerprint density at radius 3 is 2.60 bits per heavy atom. The summed E-state index contributed by atoms with van der Waals surface area (Å²) in [5.74, 6) is -0.537. The lowest BCUT2D eigenvalue weighted by molar-refractivity contribution is -0.119. The number of nitroso groups, excluding NO2 is 1. The van der Waals surface area contributed by atoms with Gasteiger partial charge in [0.2, 0.25) is 0 Å². The maximum Gasteiger partial charge on any atom is 0.293 e. The smallest absolute Gasteiger partial charge is 0.293 e. The average Bonchev–Trinajstić information content (AvgIpc) is 2.83. The van der Waals surface area contributed by atoms with Gasteiger partial charge in [0.05, 0.1) is 25.3 Å². The quantitative estimate of drug-likeness (QED) is 0.790. The molecule has 0 spiro atoms. The molecule has 1 aliphatic heterocycles. The molecule has 6 nitrogen and oxygen atoms in total. The van der Waals surface area contributed by atoms with Crippen LogP contribution in [0.3, 0.4) is 0 Å². The van der Waals surface area contributed by atoms with Crippen LogP contribution in [0.15, 0.2) is 64.6 Å². The molecule has 1 atom stereocenters. The molecule has 1 aromatic rings. The Labute approximate surface area is 145 Å². The van der Waals surface area contributed by atoms with E-state index >= 15 is 0 Å². The van der Waals surface area contributed by atoms with Gasteiger partial charge in [-0.1, -0.05) is 18.2 Å². The zero-order chi connectivity index (χ0) is 18.0. The first-order valence-corrected chi connectivity index (χ1v) is 7.98. The first kappa shape index (κ1) is 16.8. The van der Waals surface area contributed by atoms with E-state index in [1.165, 1.54) is 0 Å². The average molecular weight is 338 g/mol. The summed E-state index contributed by atoms with van der Waals surface area (Å²) in [7, 11) is 1.62. The third-order valence-corrected chi connectivity index (χ3v) is 4.56. The van der Waals surface area contributed by atoms with Gasteiger partial charge >= 0.3 is 0 Å². The number of carbonyl (C=O) groups excluding carboxylic acids is 2. The second-order valence-corrected chi connectivity index (χ2v) is 5.98. The summed E-state index contributed by atoms with van der Waals surface area (Å²) in [6.07, 6.45) is 6.29. The van der Waals surface area contributed by atoms with Crippen LogP contribution in [0.1, 0.15) is 24.8 Å². The lowest BCUT2D eigenvalue weighted by Crippen LogP contribution is -2.24. The number of hydrogen-bond donors (Lipinski definition) is 0. The van der Waals surface area contributed by atoms with E-state index in [1.807, 2.05) is 12.2 Å². The van der Waals surface area contributed by atoms with Gasteiger partial charge in [-0.15, -0.1) is 4.91 Å². The molecule has 2 aliphatic rings. The largest absolute Gasteiger partial charge is 0.501 e. The van der Waals surface area contributed by atoms with E-state index in [0.717, 1.165) is 17.0 Å². The standard InChI is InChI=1S/C19H18N2O4/c1-12(18(22)20-24)13-3-6-15(7-4-13)21-11-14-5-8-16(25-2)9-10-17(14)19(21)23/h3-7,9-10,12H,8,11H2,1-2H3. The van der Waals surface area contributed by atoms with Crippen molar-refractivity contribution >= 4 is 17.5 Å². The van der Waals surface area contributed by atoms with Crippen LogP contribution in [-0.4, -0.2) is 25.5 Å². The van der Waals surface area contributed by atoms with Gasteiger partial charge in [-0.2, -0.15) is 0 Å². The summed E-state index contributed by atoms with van der Waals surface area (Å²) in [6.45, 7) is 2.13. The fraction of sp³-hybridized carbons (Fsp3) is 0.263. The highest BCUT2D eigenvalue weighted by atomic mass is 16.5. The minimum Gasteiger partial charge on any atom is -0.501 e. The molecule has 0 bridgehead atoms. The Balaban J connectivity index is 1.83. The number of carbonyl (C=O) groups is 2. The fourth-order valence-electron chi connectivity index (χ4n) is 2.96. The molecule has 1 aromatic carbocycles. The van der Waals surface area contributed by atoms with Crippen molar-refractivity contribution in [2.24, 2.45) is 5.18 Å². The predicted molar refractivity (Wildman–Crippen MR) is 93.9 cm³/mol. The summed E-state index contributed by atoms with van der Waals surface area (Å²) in [4.78, 5) is 36.2. The molecule has 1 fully saturated rings. The Bertz CT molecular complexity index is 818. The SMILES string of the molecule is COC1=CC=C2C(=O)N(c3ccc(C(C)C(=O)N=O)cc3)CC2=CC1. The van der Waals surface area contributed by atoms with Gasteiger partial charge in [0.15, 0.2) is 0 Å². The molecular formula is C19H18N2O4. The molecule has 1 unspecified atom stereocenters. The highest BCUT2D eigenvalue weighted by Gasteiger charge is 2.31. The van der Waals surface area contributed by atoms with Crippen molar-refractivity contribution in [3.05, 3.63) is 69.9 Å². The minimum absolute atomic E-state index is 0.0636. The molecule has 2 amide bonds. The third-order valence-electron chi connectivity index (χ3n) is 4.56. The lowest BCUT2D eigenvalue weighted by atomic mass is 10.0. The summed E-state index contributed by atoms with van der Waals surface area (Å²) >= 11 is 0. The number of benzene rings is 1. The molecular weight excluding hydrogens is 320 g/mol. The molecule has 6 heteroatoms. The first-order chi connectivity index (χ1) is 12.0. The molecule has 128 valence electrons. The molecule has 25 heavy (non-hydrogen) atoms. The molecule has 1 saturated heterocycles. The monoisotopic (exact) mass is 338 g/mol. The van der Waals surface area contributed by atoms with Crippen molar-refractivity contribution in [1.29, 1.82) is 0 Å². The van der Waals surface area contributed by atoms with Crippen molar-refractivity contribution in [2.45, 2.75) is 19.3 Å². The Kier molecular flexibility index (Phi) is 4.61. The van der Waals surface area contributed by atoms with Crippen molar-refractivity contribution in [1.82, 2.24) is 0 Å². The van der Waals surface area contributed by atoms with Crippen molar-refractivity contribution in [3.8, 4) is 0 Å². The van der Waals surface area contributed by atoms with Crippen molar-refractivity contribution in [2.75, 3.05) is 18.6 Å². The summed E-state index contributed by atoms with van der Waals surface area (Å²) < 4.78 is 5.24. The molecule has 1 heterocycles. The Morgan fingerprint density at radius 2 is 1.96 bits per heavy atom. The summed E-state index contributed by atoms with van der Waals surface area (Å²) in [5, 5.41) is 2.46. The van der Waals surface area contributed by atoms with Crippen LogP contribution in [0.2, 0.25) is 0 Å². The van der Waals surface area contributed by atoms with Crippen LogP contribution in [-0.2, 0) is 14.3 Å². The van der Waals surface area contributed by atoms with Crippen LogP contribution in [0.5, 0.6) is 0 Å². The number of hydrogen-bond acceptors (Lipinski definition) is 4. The summed E-state index contributed by atoms with van der Waals surface area (Å²) in [5.41, 5.74) is 3.09. The van der Waals surface area contributed by atoms with E-state index in [4.69, 9.17) is 4.74 Å². The van der Waals surface area contributed by atoms with Crippen LogP contribution in [0, 0.1) is 4.91 Å². The third kappa shape index (κ3) is 3.15. The van der Waals surface area contributed by atoms with E-state index in [0.29, 0.717) is 24.1 Å². The summed E-state index contributed by atoms with van der Waals surface area (Å²) in [6, 6.07) is 7.06. The van der Waals surface area contributed by atoms with Crippen LogP contribution >= 0.6 is 0 Å². The normalized spacial score (nSPS) is 17.8. The second kappa shape index (κ2) is 6.84. The fourth-order valence-corrected chi connectivity index (χ4v) is 2.96. The lowest BCUT2D eigenvalue weighted by Gasteiger charge is -2.16. The van der Waals surface area contributed by atoms with Gasteiger partial charge in [-0.3, -0.25) is 9.59 Å². The van der Waals surface area contributed by atoms with E-state index in [9.17, 15) is 14.5 Å². The van der Waals surface area contributed by atoms with Gasteiger partial charge in [0.25, 0.3) is 11.8 Å². The number of amides is 2. The topological polar surface area (TPSA) is 76.0 Å². The van der Waals surface area contributed by atoms with Crippen molar-refractivity contribution in [3.63, 3.8) is 0 Å². The number of rotatable bonds is 4. The number of fused-ring (bicyclic) bond motifs is 1. The van der Waals surface area contributed by atoms with Gasteiger partial charge in [0, 0.05) is 22.9 Å². The Hall–Kier alpha value is -3.02. The van der Waals surface area contributed by atoms with E-state index in [-0.39, 0.29) is 5.91 Å². The molecule has 0 aromatic heterocycles. The van der Waals surface area contributed by atoms with Crippen LogP contribution < -0.4 is 4.90 Å². The number of allylic oxidation sites excluding steroid dienone is 3. The van der Waals surface area contributed by atoms with Crippen molar-refractivity contribution < 1.29 is 14.3 Å². The molecule has 0 N–H and O–H groups in total. The molecule has 1 aliphatic carbocycles. The van der Waals surface area contributed by atoms with E-state index in [2.05, 4.69) is 5.18 Å². The van der Waals surface area contributed by atoms with Gasteiger partial charge < -0.3 is 9.64 Å².